The molecule has 1 aromatic carbocycles. The number of sulfone groups is 1. The molecule has 2 atom stereocenters. The van der Waals surface area contributed by atoms with E-state index >= 15 is 0 Å². The summed E-state index contributed by atoms with van der Waals surface area (Å²) in [5.41, 5.74) is 1.28. The highest BCUT2D eigenvalue weighted by Crippen LogP contribution is 2.15. The Morgan fingerprint density at radius 3 is 2.67 bits per heavy atom. The smallest absolute Gasteiger partial charge is 0.151 e. The molecule has 0 bridgehead atoms. The number of hydrogen-bond donors (Lipinski definition) is 1. The molecule has 0 radical (unpaired) electrons. The Bertz CT molecular complexity index is 539. The van der Waals surface area contributed by atoms with Crippen molar-refractivity contribution in [2.24, 2.45) is 0 Å². The van der Waals surface area contributed by atoms with Crippen LogP contribution in [0.25, 0.3) is 0 Å². The van der Waals surface area contributed by atoms with E-state index in [0.717, 1.165) is 31.4 Å². The quantitative estimate of drug-likeness (QED) is 0.875. The molecule has 1 N–H and O–H groups in total. The SMILES string of the molecule is COc1ccc(CCC(C)NC2CCCS(=O)(=O)C2)cc1. The molecule has 0 aliphatic carbocycles. The standard InChI is InChI=1S/C16H25NO3S/c1-13(17-15-4-3-11-21(18,19)12-15)5-6-14-7-9-16(20-2)10-8-14/h7-10,13,15,17H,3-6,11-12H2,1-2H3. The lowest BCUT2D eigenvalue weighted by atomic mass is 10.0. The Kier molecular flexibility index (Phi) is 5.65. The van der Waals surface area contributed by atoms with E-state index in [1.165, 1.54) is 5.56 Å². The zero-order chi connectivity index (χ0) is 15.3. The van der Waals surface area contributed by atoms with Crippen LogP contribution >= 0.6 is 0 Å². The Morgan fingerprint density at radius 2 is 2.05 bits per heavy atom. The van der Waals surface area contributed by atoms with E-state index in [1.54, 1.807) is 7.11 Å². The fraction of sp³-hybridized carbons (Fsp3) is 0.625. The van der Waals surface area contributed by atoms with Crippen molar-refractivity contribution in [1.29, 1.82) is 0 Å². The molecule has 0 amide bonds. The summed E-state index contributed by atoms with van der Waals surface area (Å²) in [6, 6.07) is 8.55. The van der Waals surface area contributed by atoms with Gasteiger partial charge in [-0.1, -0.05) is 12.1 Å². The maximum Gasteiger partial charge on any atom is 0.151 e. The van der Waals surface area contributed by atoms with Gasteiger partial charge in [0.15, 0.2) is 9.84 Å². The molecule has 0 spiro atoms. The van der Waals surface area contributed by atoms with Crippen LogP contribution < -0.4 is 10.1 Å². The Labute approximate surface area is 127 Å². The highest BCUT2D eigenvalue weighted by molar-refractivity contribution is 7.91. The third-order valence-electron chi connectivity index (χ3n) is 4.01. The summed E-state index contributed by atoms with van der Waals surface area (Å²) in [4.78, 5) is 0. The van der Waals surface area contributed by atoms with Crippen LogP contribution in [0.5, 0.6) is 5.75 Å². The van der Waals surface area contributed by atoms with E-state index in [2.05, 4.69) is 24.4 Å². The molecule has 21 heavy (non-hydrogen) atoms. The second-order valence-electron chi connectivity index (χ2n) is 5.91. The lowest BCUT2D eigenvalue weighted by Crippen LogP contribution is -2.44. The molecule has 2 rings (SSSR count). The largest absolute Gasteiger partial charge is 0.497 e. The molecule has 0 aromatic heterocycles. The first-order valence-electron chi connectivity index (χ1n) is 7.58. The van der Waals surface area contributed by atoms with Crippen LogP contribution in [0.3, 0.4) is 0 Å². The summed E-state index contributed by atoms with van der Waals surface area (Å²) < 4.78 is 28.4. The van der Waals surface area contributed by atoms with Crippen molar-refractivity contribution in [1.82, 2.24) is 5.32 Å². The van der Waals surface area contributed by atoms with E-state index in [-0.39, 0.29) is 6.04 Å². The maximum absolute atomic E-state index is 11.6. The molecule has 1 saturated heterocycles. The first kappa shape index (κ1) is 16.3. The molecular formula is C16H25NO3S. The highest BCUT2D eigenvalue weighted by Gasteiger charge is 2.25. The molecule has 4 nitrogen and oxygen atoms in total. The van der Waals surface area contributed by atoms with E-state index in [0.29, 0.717) is 17.5 Å². The Morgan fingerprint density at radius 1 is 1.33 bits per heavy atom. The van der Waals surface area contributed by atoms with Gasteiger partial charge in [-0.15, -0.1) is 0 Å². The predicted molar refractivity (Wildman–Crippen MR) is 85.6 cm³/mol. The van der Waals surface area contributed by atoms with Gasteiger partial charge < -0.3 is 10.1 Å². The summed E-state index contributed by atoms with van der Waals surface area (Å²) in [5.74, 6) is 1.52. The number of ether oxygens (including phenoxy) is 1. The van der Waals surface area contributed by atoms with Crippen molar-refractivity contribution in [3.63, 3.8) is 0 Å². The first-order chi connectivity index (χ1) is 9.98. The lowest BCUT2D eigenvalue weighted by molar-refractivity contribution is 0.412. The van der Waals surface area contributed by atoms with Crippen LogP contribution in [0.4, 0.5) is 0 Å². The lowest BCUT2D eigenvalue weighted by Gasteiger charge is -2.26. The number of nitrogens with one attached hydrogen (secondary N) is 1. The highest BCUT2D eigenvalue weighted by atomic mass is 32.2. The van der Waals surface area contributed by atoms with Gasteiger partial charge in [0.1, 0.15) is 5.75 Å². The predicted octanol–water partition coefficient (Wildman–Crippen LogP) is 2.18. The summed E-state index contributed by atoms with van der Waals surface area (Å²) in [6.45, 7) is 2.13. The van der Waals surface area contributed by atoms with Gasteiger partial charge in [-0.25, -0.2) is 8.42 Å². The molecular weight excluding hydrogens is 286 g/mol. The van der Waals surface area contributed by atoms with Gasteiger partial charge in [-0.3, -0.25) is 0 Å². The van der Waals surface area contributed by atoms with Gasteiger partial charge in [-0.05, 0) is 50.3 Å². The Hall–Kier alpha value is -1.07. The third kappa shape index (κ3) is 5.32. The molecule has 5 heteroatoms. The van der Waals surface area contributed by atoms with Gasteiger partial charge in [0.25, 0.3) is 0 Å². The number of rotatable bonds is 6. The summed E-state index contributed by atoms with van der Waals surface area (Å²) >= 11 is 0. The minimum Gasteiger partial charge on any atom is -0.497 e. The molecule has 0 saturated carbocycles. The average Bonchev–Trinajstić information content (AvgIpc) is 2.44. The van der Waals surface area contributed by atoms with Crippen LogP contribution in [0.1, 0.15) is 31.7 Å². The van der Waals surface area contributed by atoms with Gasteiger partial charge in [0, 0.05) is 12.1 Å². The van der Waals surface area contributed by atoms with Crippen molar-refractivity contribution >= 4 is 9.84 Å². The summed E-state index contributed by atoms with van der Waals surface area (Å²) in [5, 5.41) is 3.46. The van der Waals surface area contributed by atoms with Crippen LogP contribution in [-0.4, -0.2) is 39.1 Å². The first-order valence-corrected chi connectivity index (χ1v) is 9.40. The van der Waals surface area contributed by atoms with E-state index in [4.69, 9.17) is 4.74 Å². The van der Waals surface area contributed by atoms with Gasteiger partial charge >= 0.3 is 0 Å². The summed E-state index contributed by atoms with van der Waals surface area (Å²) in [6.07, 6.45) is 3.73. The van der Waals surface area contributed by atoms with E-state index in [1.807, 2.05) is 12.1 Å². The van der Waals surface area contributed by atoms with Crippen LogP contribution in [0.2, 0.25) is 0 Å². The Balaban J connectivity index is 1.77. The normalized spacial score (nSPS) is 22.7. The number of aryl methyl sites for hydroxylation is 1. The van der Waals surface area contributed by atoms with Crippen LogP contribution in [0.15, 0.2) is 24.3 Å². The molecule has 1 aliphatic rings. The average molecular weight is 311 g/mol. The number of hydrogen-bond acceptors (Lipinski definition) is 4. The van der Waals surface area contributed by atoms with Crippen molar-refractivity contribution in [2.45, 2.75) is 44.7 Å². The minimum atomic E-state index is -2.83. The fourth-order valence-corrected chi connectivity index (χ4v) is 4.46. The molecule has 118 valence electrons. The van der Waals surface area contributed by atoms with Crippen LogP contribution in [-0.2, 0) is 16.3 Å². The van der Waals surface area contributed by atoms with Crippen molar-refractivity contribution in [3.05, 3.63) is 29.8 Å². The second-order valence-corrected chi connectivity index (χ2v) is 8.14. The fourth-order valence-electron chi connectivity index (χ4n) is 2.82. The zero-order valence-electron chi connectivity index (χ0n) is 12.8. The van der Waals surface area contributed by atoms with Crippen molar-refractivity contribution in [3.8, 4) is 5.75 Å². The molecule has 1 heterocycles. The number of benzene rings is 1. The van der Waals surface area contributed by atoms with Gasteiger partial charge in [-0.2, -0.15) is 0 Å². The maximum atomic E-state index is 11.6. The van der Waals surface area contributed by atoms with Crippen molar-refractivity contribution in [2.75, 3.05) is 18.6 Å². The molecule has 1 aromatic rings. The van der Waals surface area contributed by atoms with Gasteiger partial charge in [0.2, 0.25) is 0 Å². The van der Waals surface area contributed by atoms with Gasteiger partial charge in [0.05, 0.1) is 18.6 Å². The van der Waals surface area contributed by atoms with E-state index < -0.39 is 9.84 Å². The monoisotopic (exact) mass is 311 g/mol. The third-order valence-corrected chi connectivity index (χ3v) is 5.83. The van der Waals surface area contributed by atoms with Crippen LogP contribution in [0, 0.1) is 0 Å². The topological polar surface area (TPSA) is 55.4 Å². The van der Waals surface area contributed by atoms with E-state index in [9.17, 15) is 8.42 Å². The van der Waals surface area contributed by atoms with Crippen molar-refractivity contribution < 1.29 is 13.2 Å². The second kappa shape index (κ2) is 7.27. The summed E-state index contributed by atoms with van der Waals surface area (Å²) in [7, 11) is -1.16. The minimum absolute atomic E-state index is 0.120. The number of methoxy groups -OCH3 is 1. The molecule has 1 fully saturated rings. The molecule has 1 aliphatic heterocycles. The molecule has 2 unspecified atom stereocenters. The zero-order valence-corrected chi connectivity index (χ0v) is 13.7.